The number of benzene rings is 1. The lowest BCUT2D eigenvalue weighted by Gasteiger charge is -2.28. The molecular formula is C20H21N3O2. The van der Waals surface area contributed by atoms with Gasteiger partial charge in [0.2, 0.25) is 0 Å². The second-order valence-electron chi connectivity index (χ2n) is 6.87. The van der Waals surface area contributed by atoms with Crippen molar-refractivity contribution in [2.75, 3.05) is 0 Å². The van der Waals surface area contributed by atoms with Gasteiger partial charge in [-0.2, -0.15) is 0 Å². The zero-order chi connectivity index (χ0) is 17.7. The van der Waals surface area contributed by atoms with E-state index in [1.807, 2.05) is 48.9 Å². The number of hydrogen-bond acceptors (Lipinski definition) is 3. The zero-order valence-corrected chi connectivity index (χ0v) is 14.7. The third kappa shape index (κ3) is 2.26. The molecule has 1 saturated carbocycles. The maximum Gasteiger partial charge on any atom is 0.271 e. The van der Waals surface area contributed by atoms with Gasteiger partial charge in [0.25, 0.3) is 5.56 Å². The highest BCUT2D eigenvalue weighted by molar-refractivity contribution is 5.76. The van der Waals surface area contributed by atoms with Gasteiger partial charge in [0.1, 0.15) is 11.2 Å². The van der Waals surface area contributed by atoms with E-state index in [0.717, 1.165) is 36.5 Å². The standard InChI is InChI=1S/C20H21N3O2/c1-12-13(2)22(3)19-16(17(12)24)20(25)23(15-10-5-4-6-11-15)18(21-19)14-8-7-9-14/h4-6,10-11,14H,7-9H2,1-3H3. The van der Waals surface area contributed by atoms with Crippen LogP contribution in [0.3, 0.4) is 0 Å². The van der Waals surface area contributed by atoms with Crippen LogP contribution in [0, 0.1) is 13.8 Å². The molecule has 2 heterocycles. The topological polar surface area (TPSA) is 56.9 Å². The van der Waals surface area contributed by atoms with Crippen molar-refractivity contribution in [1.29, 1.82) is 0 Å². The lowest BCUT2D eigenvalue weighted by Crippen LogP contribution is -2.33. The number of aryl methyl sites for hydroxylation is 1. The predicted octanol–water partition coefficient (Wildman–Crippen LogP) is 2.97. The number of hydrogen-bond donors (Lipinski definition) is 0. The molecule has 0 radical (unpaired) electrons. The fourth-order valence-electron chi connectivity index (χ4n) is 3.50. The van der Waals surface area contributed by atoms with Crippen molar-refractivity contribution in [3.05, 3.63) is 68.0 Å². The SMILES string of the molecule is Cc1c(C)n(C)c2nc(C3CCC3)n(-c3ccccc3)c(=O)c2c1=O. The summed E-state index contributed by atoms with van der Waals surface area (Å²) in [7, 11) is 1.87. The number of fused-ring (bicyclic) bond motifs is 1. The van der Waals surface area contributed by atoms with Crippen molar-refractivity contribution in [1.82, 2.24) is 14.1 Å². The highest BCUT2D eigenvalue weighted by atomic mass is 16.1. The molecule has 5 nitrogen and oxygen atoms in total. The molecule has 5 heteroatoms. The maximum absolute atomic E-state index is 13.3. The summed E-state index contributed by atoms with van der Waals surface area (Å²) in [6, 6.07) is 9.49. The van der Waals surface area contributed by atoms with E-state index in [0.29, 0.717) is 11.2 Å². The van der Waals surface area contributed by atoms with Crippen LogP contribution >= 0.6 is 0 Å². The van der Waals surface area contributed by atoms with Crippen LogP contribution < -0.4 is 11.0 Å². The Morgan fingerprint density at radius 1 is 1.08 bits per heavy atom. The smallest absolute Gasteiger partial charge is 0.271 e. The van der Waals surface area contributed by atoms with Gasteiger partial charge in [-0.1, -0.05) is 24.6 Å². The highest BCUT2D eigenvalue weighted by Crippen LogP contribution is 2.36. The Bertz CT molecular complexity index is 1090. The Kier molecular flexibility index (Phi) is 3.60. The molecule has 128 valence electrons. The molecule has 0 amide bonds. The summed E-state index contributed by atoms with van der Waals surface area (Å²) in [5.41, 5.74) is 2.23. The third-order valence-corrected chi connectivity index (χ3v) is 5.51. The van der Waals surface area contributed by atoms with Gasteiger partial charge in [-0.25, -0.2) is 4.98 Å². The third-order valence-electron chi connectivity index (χ3n) is 5.51. The van der Waals surface area contributed by atoms with E-state index >= 15 is 0 Å². The minimum Gasteiger partial charge on any atom is -0.332 e. The van der Waals surface area contributed by atoms with Crippen molar-refractivity contribution in [3.63, 3.8) is 0 Å². The van der Waals surface area contributed by atoms with E-state index in [1.54, 1.807) is 11.5 Å². The summed E-state index contributed by atoms with van der Waals surface area (Å²) >= 11 is 0. The minimum atomic E-state index is -0.262. The Morgan fingerprint density at radius 3 is 2.36 bits per heavy atom. The number of aromatic nitrogens is 3. The largest absolute Gasteiger partial charge is 0.332 e. The molecule has 1 aliphatic rings. The Hall–Kier alpha value is -2.69. The van der Waals surface area contributed by atoms with Crippen LogP contribution in [0.1, 0.15) is 42.3 Å². The van der Waals surface area contributed by atoms with Crippen LogP contribution in [-0.4, -0.2) is 14.1 Å². The Morgan fingerprint density at radius 2 is 1.76 bits per heavy atom. The van der Waals surface area contributed by atoms with Gasteiger partial charge in [-0.3, -0.25) is 14.2 Å². The molecule has 1 aliphatic carbocycles. The first kappa shape index (κ1) is 15.8. The normalized spacial score (nSPS) is 14.7. The van der Waals surface area contributed by atoms with Crippen LogP contribution in [0.15, 0.2) is 39.9 Å². The second kappa shape index (κ2) is 5.69. The highest BCUT2D eigenvalue weighted by Gasteiger charge is 2.28. The Balaban J connectivity index is 2.19. The summed E-state index contributed by atoms with van der Waals surface area (Å²) in [6.45, 7) is 3.66. The van der Waals surface area contributed by atoms with Gasteiger partial charge in [0.05, 0.1) is 5.69 Å². The molecule has 0 N–H and O–H groups in total. The fraction of sp³-hybridized carbons (Fsp3) is 0.350. The number of pyridine rings is 1. The molecule has 0 bridgehead atoms. The van der Waals surface area contributed by atoms with E-state index in [2.05, 4.69) is 0 Å². The first-order valence-corrected chi connectivity index (χ1v) is 8.69. The summed E-state index contributed by atoms with van der Waals surface area (Å²) in [5.74, 6) is 1.04. The predicted molar refractivity (Wildman–Crippen MR) is 98.6 cm³/mol. The summed E-state index contributed by atoms with van der Waals surface area (Å²) in [5, 5.41) is 0.178. The first-order chi connectivity index (χ1) is 12.0. The second-order valence-corrected chi connectivity index (χ2v) is 6.87. The molecule has 25 heavy (non-hydrogen) atoms. The zero-order valence-electron chi connectivity index (χ0n) is 14.7. The molecular weight excluding hydrogens is 314 g/mol. The minimum absolute atomic E-state index is 0.178. The Labute approximate surface area is 145 Å². The maximum atomic E-state index is 13.3. The average molecular weight is 335 g/mol. The molecule has 0 aliphatic heterocycles. The molecule has 0 atom stereocenters. The van der Waals surface area contributed by atoms with Crippen molar-refractivity contribution in [2.45, 2.75) is 39.0 Å². The van der Waals surface area contributed by atoms with Gasteiger partial charge in [-0.05, 0) is 38.8 Å². The van der Waals surface area contributed by atoms with Crippen LogP contribution in [0.4, 0.5) is 0 Å². The monoisotopic (exact) mass is 335 g/mol. The van der Waals surface area contributed by atoms with Crippen molar-refractivity contribution in [2.24, 2.45) is 7.05 Å². The van der Waals surface area contributed by atoms with Crippen LogP contribution in [-0.2, 0) is 7.05 Å². The van der Waals surface area contributed by atoms with Gasteiger partial charge in [0, 0.05) is 24.2 Å². The number of para-hydroxylation sites is 1. The van der Waals surface area contributed by atoms with Gasteiger partial charge >= 0.3 is 0 Å². The number of nitrogens with zero attached hydrogens (tertiary/aromatic N) is 3. The quantitative estimate of drug-likeness (QED) is 0.723. The van der Waals surface area contributed by atoms with Crippen molar-refractivity contribution in [3.8, 4) is 5.69 Å². The molecule has 2 aromatic heterocycles. The summed E-state index contributed by atoms with van der Waals surface area (Å²) in [6.07, 6.45) is 3.21. The van der Waals surface area contributed by atoms with E-state index in [-0.39, 0.29) is 22.3 Å². The first-order valence-electron chi connectivity index (χ1n) is 8.69. The van der Waals surface area contributed by atoms with Gasteiger partial charge in [0.15, 0.2) is 11.1 Å². The van der Waals surface area contributed by atoms with Crippen LogP contribution in [0.25, 0.3) is 16.7 Å². The molecule has 4 rings (SSSR count). The van der Waals surface area contributed by atoms with E-state index in [9.17, 15) is 9.59 Å². The molecule has 1 fully saturated rings. The molecule has 1 aromatic carbocycles. The molecule has 3 aromatic rings. The van der Waals surface area contributed by atoms with Crippen LogP contribution in [0.5, 0.6) is 0 Å². The lowest BCUT2D eigenvalue weighted by molar-refractivity contribution is 0.394. The van der Waals surface area contributed by atoms with E-state index in [4.69, 9.17) is 4.98 Å². The van der Waals surface area contributed by atoms with Gasteiger partial charge < -0.3 is 4.57 Å². The van der Waals surface area contributed by atoms with Crippen LogP contribution in [0.2, 0.25) is 0 Å². The molecule has 0 spiro atoms. The lowest BCUT2D eigenvalue weighted by atomic mass is 9.84. The van der Waals surface area contributed by atoms with E-state index in [1.165, 1.54) is 0 Å². The van der Waals surface area contributed by atoms with Gasteiger partial charge in [-0.15, -0.1) is 0 Å². The van der Waals surface area contributed by atoms with Crippen molar-refractivity contribution < 1.29 is 0 Å². The summed E-state index contributed by atoms with van der Waals surface area (Å²) in [4.78, 5) is 31.0. The van der Waals surface area contributed by atoms with Crippen molar-refractivity contribution >= 4 is 11.0 Å². The summed E-state index contributed by atoms with van der Waals surface area (Å²) < 4.78 is 3.51. The molecule has 0 unspecified atom stereocenters. The van der Waals surface area contributed by atoms with E-state index < -0.39 is 0 Å². The number of rotatable bonds is 2. The molecule has 0 saturated heterocycles. The average Bonchev–Trinajstić information content (AvgIpc) is 2.57. The fourth-order valence-corrected chi connectivity index (χ4v) is 3.50.